The van der Waals surface area contributed by atoms with Gasteiger partial charge in [-0.25, -0.2) is 9.78 Å². The molecule has 0 unspecified atom stereocenters. The summed E-state index contributed by atoms with van der Waals surface area (Å²) in [5.74, 6) is 0.303. The number of nitrogens with one attached hydrogen (secondary N) is 2. The number of aliphatic imine (C=N–C) groups is 1. The largest absolute Gasteiger partial charge is 0.325 e. The molecule has 0 radical (unpaired) electrons. The number of hydrogen-bond acceptors (Lipinski definition) is 5. The number of aromatic amines is 2. The molecule has 2 N–H and O–H groups in total. The SMILES string of the molecule is CCOO/C=N\c1cc(Cl)c2[nH]c(=O)[nH]c2n1. The van der Waals surface area contributed by atoms with Crippen molar-refractivity contribution < 1.29 is 9.78 Å². The molecule has 8 heteroatoms. The minimum atomic E-state index is -0.374. The molecule has 0 aromatic carbocycles. The monoisotopic (exact) mass is 256 g/mol. The first-order valence-electron chi connectivity index (χ1n) is 4.80. The van der Waals surface area contributed by atoms with Crippen molar-refractivity contribution in [3.05, 3.63) is 21.6 Å². The smallest absolute Gasteiger partial charge is 0.325 e. The molecule has 0 spiro atoms. The molecule has 7 nitrogen and oxygen atoms in total. The molecule has 2 aromatic heterocycles. The van der Waals surface area contributed by atoms with Crippen LogP contribution in [0.15, 0.2) is 15.9 Å². The van der Waals surface area contributed by atoms with Gasteiger partial charge in [0.2, 0.25) is 6.40 Å². The van der Waals surface area contributed by atoms with Gasteiger partial charge in [0.05, 0.1) is 11.6 Å². The molecule has 0 aliphatic rings. The quantitative estimate of drug-likeness (QED) is 0.285. The second-order valence-electron chi connectivity index (χ2n) is 3.00. The topological polar surface area (TPSA) is 92.4 Å². The van der Waals surface area contributed by atoms with Crippen LogP contribution in [0.25, 0.3) is 11.2 Å². The van der Waals surface area contributed by atoms with Crippen molar-refractivity contribution in [3.63, 3.8) is 0 Å². The maximum Gasteiger partial charge on any atom is 0.325 e. The van der Waals surface area contributed by atoms with Gasteiger partial charge in [-0.1, -0.05) is 11.6 Å². The highest BCUT2D eigenvalue weighted by molar-refractivity contribution is 6.35. The van der Waals surface area contributed by atoms with E-state index in [1.165, 1.54) is 6.07 Å². The molecule has 0 atom stereocenters. The normalized spacial score (nSPS) is 11.4. The van der Waals surface area contributed by atoms with Gasteiger partial charge in [0.25, 0.3) is 0 Å². The van der Waals surface area contributed by atoms with Crippen LogP contribution in [-0.2, 0) is 9.78 Å². The first-order chi connectivity index (χ1) is 8.20. The van der Waals surface area contributed by atoms with Crippen molar-refractivity contribution in [1.82, 2.24) is 15.0 Å². The van der Waals surface area contributed by atoms with Crippen LogP contribution < -0.4 is 5.69 Å². The molecule has 0 aliphatic heterocycles. The Morgan fingerprint density at radius 3 is 3.18 bits per heavy atom. The molecule has 17 heavy (non-hydrogen) atoms. The van der Waals surface area contributed by atoms with E-state index in [0.717, 1.165) is 6.40 Å². The van der Waals surface area contributed by atoms with Gasteiger partial charge < -0.3 is 9.87 Å². The van der Waals surface area contributed by atoms with Crippen molar-refractivity contribution in [1.29, 1.82) is 0 Å². The number of nitrogens with zero attached hydrogens (tertiary/aromatic N) is 2. The molecule has 2 rings (SSSR count). The Hall–Kier alpha value is -1.86. The summed E-state index contributed by atoms with van der Waals surface area (Å²) in [5.41, 5.74) is 0.411. The molecule has 0 bridgehead atoms. The van der Waals surface area contributed by atoms with E-state index >= 15 is 0 Å². The van der Waals surface area contributed by atoms with E-state index in [2.05, 4.69) is 29.7 Å². The van der Waals surface area contributed by atoms with Crippen LogP contribution >= 0.6 is 11.6 Å². The molecule has 0 saturated carbocycles. The van der Waals surface area contributed by atoms with E-state index < -0.39 is 0 Å². The first-order valence-corrected chi connectivity index (χ1v) is 5.18. The molecule has 2 heterocycles. The number of rotatable bonds is 4. The number of pyridine rings is 1. The fraction of sp³-hybridized carbons (Fsp3) is 0.222. The lowest BCUT2D eigenvalue weighted by atomic mass is 10.4. The maximum atomic E-state index is 11.1. The van der Waals surface area contributed by atoms with Crippen molar-refractivity contribution in [3.8, 4) is 0 Å². The highest BCUT2D eigenvalue weighted by atomic mass is 35.5. The second-order valence-corrected chi connectivity index (χ2v) is 3.41. The van der Waals surface area contributed by atoms with Gasteiger partial charge in [-0.15, -0.1) is 0 Å². The average molecular weight is 257 g/mol. The van der Waals surface area contributed by atoms with Gasteiger partial charge in [0.15, 0.2) is 11.5 Å². The molecular weight excluding hydrogens is 248 g/mol. The molecule has 0 amide bonds. The number of imidazole rings is 1. The summed E-state index contributed by atoms with van der Waals surface area (Å²) in [7, 11) is 0. The Balaban J connectivity index is 2.30. The summed E-state index contributed by atoms with van der Waals surface area (Å²) < 4.78 is 0. The van der Waals surface area contributed by atoms with Gasteiger partial charge in [0, 0.05) is 6.07 Å². The van der Waals surface area contributed by atoms with Crippen molar-refractivity contribution in [2.45, 2.75) is 6.92 Å². The van der Waals surface area contributed by atoms with Crippen LogP contribution in [0.2, 0.25) is 5.02 Å². The van der Waals surface area contributed by atoms with Gasteiger partial charge >= 0.3 is 5.69 Å². The zero-order valence-electron chi connectivity index (χ0n) is 8.86. The Morgan fingerprint density at radius 2 is 2.41 bits per heavy atom. The first kappa shape index (κ1) is 11.6. The van der Waals surface area contributed by atoms with E-state index in [0.29, 0.717) is 28.6 Å². The lowest BCUT2D eigenvalue weighted by Gasteiger charge is -1.96. The number of halogens is 1. The van der Waals surface area contributed by atoms with Crippen LogP contribution in [-0.4, -0.2) is 28.0 Å². The van der Waals surface area contributed by atoms with Crippen LogP contribution in [0.1, 0.15) is 6.92 Å². The van der Waals surface area contributed by atoms with Crippen LogP contribution in [0.5, 0.6) is 0 Å². The Bertz CT molecular complexity index is 604. The molecule has 0 fully saturated rings. The highest BCUT2D eigenvalue weighted by Gasteiger charge is 2.06. The summed E-state index contributed by atoms with van der Waals surface area (Å²) in [6.07, 6.45) is 1.10. The third-order valence-corrected chi connectivity index (χ3v) is 2.14. The Labute approximate surface area is 100 Å². The zero-order valence-corrected chi connectivity index (χ0v) is 9.61. The molecular formula is C9H9ClN4O3. The van der Waals surface area contributed by atoms with E-state index in [9.17, 15) is 4.79 Å². The van der Waals surface area contributed by atoms with Crippen LogP contribution in [0, 0.1) is 0 Å². The van der Waals surface area contributed by atoms with Crippen molar-refractivity contribution >= 4 is 35.0 Å². The second kappa shape index (κ2) is 4.98. The minimum Gasteiger partial charge on any atom is -0.325 e. The minimum absolute atomic E-state index is 0.303. The molecule has 2 aromatic rings. The highest BCUT2D eigenvalue weighted by Crippen LogP contribution is 2.22. The summed E-state index contributed by atoms with van der Waals surface area (Å²) >= 11 is 5.94. The third kappa shape index (κ3) is 2.63. The van der Waals surface area contributed by atoms with Crippen LogP contribution in [0.4, 0.5) is 5.82 Å². The summed E-state index contributed by atoms with van der Waals surface area (Å²) in [6, 6.07) is 1.50. The van der Waals surface area contributed by atoms with Gasteiger partial charge in [0.1, 0.15) is 5.52 Å². The average Bonchev–Trinajstić information content (AvgIpc) is 2.66. The van der Waals surface area contributed by atoms with E-state index in [-0.39, 0.29) is 5.69 Å². The standard InChI is InChI=1S/C9H9ClN4O3/c1-2-16-17-4-11-6-3-5(10)7-8(12-6)14-9(15)13-7/h3-4H,2H2,1H3,(H2,12,13,14,15)/b11-4-. The number of fused-ring (bicyclic) bond motifs is 1. The maximum absolute atomic E-state index is 11.1. The van der Waals surface area contributed by atoms with Gasteiger partial charge in [-0.2, -0.15) is 9.88 Å². The van der Waals surface area contributed by atoms with Crippen molar-refractivity contribution in [2.75, 3.05) is 6.61 Å². The van der Waals surface area contributed by atoms with Gasteiger partial charge in [-0.05, 0) is 6.92 Å². The van der Waals surface area contributed by atoms with Gasteiger partial charge in [-0.3, -0.25) is 4.98 Å². The molecule has 0 aliphatic carbocycles. The number of H-pyrrole nitrogens is 2. The van der Waals surface area contributed by atoms with Crippen molar-refractivity contribution in [2.24, 2.45) is 4.99 Å². The summed E-state index contributed by atoms with van der Waals surface area (Å²) in [5, 5.41) is 0.344. The number of hydrogen-bond donors (Lipinski definition) is 2. The number of aromatic nitrogens is 3. The molecule has 0 saturated heterocycles. The summed E-state index contributed by atoms with van der Waals surface area (Å²) in [6.45, 7) is 2.18. The zero-order chi connectivity index (χ0) is 12.3. The Kier molecular flexibility index (Phi) is 3.40. The summed E-state index contributed by atoms with van der Waals surface area (Å²) in [4.78, 5) is 33.2. The van der Waals surface area contributed by atoms with E-state index in [4.69, 9.17) is 11.6 Å². The molecule has 90 valence electrons. The fourth-order valence-electron chi connectivity index (χ4n) is 1.20. The fourth-order valence-corrected chi connectivity index (χ4v) is 1.44. The van der Waals surface area contributed by atoms with Crippen LogP contribution in [0.3, 0.4) is 0 Å². The van der Waals surface area contributed by atoms with E-state index in [1.807, 2.05) is 0 Å². The lowest BCUT2D eigenvalue weighted by Crippen LogP contribution is -1.99. The third-order valence-electron chi connectivity index (χ3n) is 1.84. The Morgan fingerprint density at radius 1 is 1.59 bits per heavy atom. The predicted molar refractivity (Wildman–Crippen MR) is 62.6 cm³/mol. The predicted octanol–water partition coefficient (Wildman–Crippen LogP) is 1.53. The van der Waals surface area contributed by atoms with E-state index in [1.54, 1.807) is 6.92 Å². The lowest BCUT2D eigenvalue weighted by molar-refractivity contribution is -0.211.